The molecular weight excluding hydrogens is 498 g/mol. The number of nitrogens with two attached hydrogens (primary N) is 1. The van der Waals surface area contributed by atoms with Gasteiger partial charge in [0.2, 0.25) is 11.9 Å². The summed E-state index contributed by atoms with van der Waals surface area (Å²) >= 11 is 0. The van der Waals surface area contributed by atoms with Gasteiger partial charge in [-0.2, -0.15) is 9.97 Å². The number of ether oxygens (including phenoxy) is 2. The number of carbonyl (C=O) groups excluding carboxylic acids is 2. The number of morpholine rings is 1. The van der Waals surface area contributed by atoms with E-state index in [1.54, 1.807) is 24.3 Å². The first-order chi connectivity index (χ1) is 19.0. The van der Waals surface area contributed by atoms with E-state index in [2.05, 4.69) is 15.5 Å². The third-order valence-electron chi connectivity index (χ3n) is 7.53. The normalized spacial score (nSPS) is 21.0. The van der Waals surface area contributed by atoms with Crippen LogP contribution in [-0.2, 0) is 9.47 Å². The van der Waals surface area contributed by atoms with Gasteiger partial charge in [-0.1, -0.05) is 0 Å². The number of nitrogens with zero attached hydrogens (tertiary/aromatic N) is 4. The average Bonchev–Trinajstić information content (AvgIpc) is 3.22. The van der Waals surface area contributed by atoms with Crippen molar-refractivity contribution in [1.29, 1.82) is 0 Å². The Morgan fingerprint density at radius 3 is 2.03 bits per heavy atom. The Morgan fingerprint density at radius 2 is 1.41 bits per heavy atom. The Morgan fingerprint density at radius 1 is 0.795 bits per heavy atom. The van der Waals surface area contributed by atoms with Crippen LogP contribution >= 0.6 is 0 Å². The van der Waals surface area contributed by atoms with Crippen molar-refractivity contribution < 1.29 is 19.1 Å². The quantitative estimate of drug-likeness (QED) is 0.440. The van der Waals surface area contributed by atoms with Crippen LogP contribution in [0.25, 0.3) is 11.4 Å². The number of hydrogen-bond acceptors (Lipinski definition) is 8. The summed E-state index contributed by atoms with van der Waals surface area (Å²) in [6, 6.07) is 14.0. The molecule has 11 heteroatoms. The second-order valence-electron chi connectivity index (χ2n) is 10.1. The second kappa shape index (κ2) is 11.0. The number of hydrogen-bond donors (Lipinski definition) is 3. The fourth-order valence-corrected chi connectivity index (χ4v) is 5.43. The number of carbonyl (C=O) groups is 2. The zero-order valence-electron chi connectivity index (χ0n) is 21.5. The van der Waals surface area contributed by atoms with E-state index in [0.717, 1.165) is 43.0 Å². The Kier molecular flexibility index (Phi) is 7.08. The maximum absolute atomic E-state index is 12.5. The van der Waals surface area contributed by atoms with Crippen LogP contribution in [0.15, 0.2) is 48.5 Å². The number of urea groups is 1. The van der Waals surface area contributed by atoms with Crippen molar-refractivity contribution in [3.8, 4) is 11.4 Å². The SMILES string of the molecule is NC(=O)c1ccc(NC(=O)Nc2ccc(-c3nc(C4CCOCC4)nc(N4C5CCC4COC5)n3)cc2)cc1. The summed E-state index contributed by atoms with van der Waals surface area (Å²) < 4.78 is 11.3. The summed E-state index contributed by atoms with van der Waals surface area (Å²) in [6.07, 6.45) is 3.94. The van der Waals surface area contributed by atoms with Crippen molar-refractivity contribution in [2.75, 3.05) is 42.0 Å². The number of anilines is 3. The van der Waals surface area contributed by atoms with Gasteiger partial charge in [0.25, 0.3) is 0 Å². The fourth-order valence-electron chi connectivity index (χ4n) is 5.43. The largest absolute Gasteiger partial charge is 0.381 e. The Labute approximate surface area is 226 Å². The van der Waals surface area contributed by atoms with E-state index in [-0.39, 0.29) is 5.92 Å². The molecule has 6 rings (SSSR count). The van der Waals surface area contributed by atoms with Crippen molar-refractivity contribution in [3.05, 3.63) is 59.9 Å². The molecule has 2 aromatic carbocycles. The van der Waals surface area contributed by atoms with E-state index >= 15 is 0 Å². The number of aromatic nitrogens is 3. The molecule has 1 aromatic heterocycles. The van der Waals surface area contributed by atoms with Gasteiger partial charge in [0, 0.05) is 41.6 Å². The van der Waals surface area contributed by atoms with Gasteiger partial charge in [-0.05, 0) is 74.2 Å². The van der Waals surface area contributed by atoms with Crippen molar-refractivity contribution in [1.82, 2.24) is 15.0 Å². The number of primary amides is 1. The third-order valence-corrected chi connectivity index (χ3v) is 7.53. The van der Waals surface area contributed by atoms with E-state index in [4.69, 9.17) is 30.2 Å². The van der Waals surface area contributed by atoms with Crippen LogP contribution in [0.3, 0.4) is 0 Å². The zero-order valence-corrected chi connectivity index (χ0v) is 21.5. The third kappa shape index (κ3) is 5.55. The van der Waals surface area contributed by atoms with Crippen LogP contribution in [0, 0.1) is 0 Å². The highest BCUT2D eigenvalue weighted by Gasteiger charge is 2.39. The van der Waals surface area contributed by atoms with Crippen molar-refractivity contribution >= 4 is 29.3 Å². The van der Waals surface area contributed by atoms with Gasteiger partial charge in [0.05, 0.1) is 25.3 Å². The number of fused-ring (bicyclic) bond motifs is 2. The average molecular weight is 530 g/mol. The minimum atomic E-state index is -0.520. The molecule has 3 aliphatic heterocycles. The zero-order chi connectivity index (χ0) is 26.8. The summed E-state index contributed by atoms with van der Waals surface area (Å²) in [7, 11) is 0. The van der Waals surface area contributed by atoms with Crippen LogP contribution < -0.4 is 21.3 Å². The van der Waals surface area contributed by atoms with Gasteiger partial charge >= 0.3 is 6.03 Å². The van der Waals surface area contributed by atoms with Crippen molar-refractivity contribution in [3.63, 3.8) is 0 Å². The van der Waals surface area contributed by atoms with Gasteiger partial charge < -0.3 is 30.7 Å². The second-order valence-corrected chi connectivity index (χ2v) is 10.1. The van der Waals surface area contributed by atoms with E-state index in [1.807, 2.05) is 24.3 Å². The lowest BCUT2D eigenvalue weighted by Crippen LogP contribution is -2.47. The van der Waals surface area contributed by atoms with Crippen LogP contribution in [0.5, 0.6) is 0 Å². The predicted molar refractivity (Wildman–Crippen MR) is 146 cm³/mol. The molecule has 4 N–H and O–H groups in total. The van der Waals surface area contributed by atoms with Crippen molar-refractivity contribution in [2.24, 2.45) is 5.73 Å². The van der Waals surface area contributed by atoms with Gasteiger partial charge in [-0.3, -0.25) is 4.79 Å². The first kappa shape index (κ1) is 25.2. The molecule has 39 heavy (non-hydrogen) atoms. The minimum Gasteiger partial charge on any atom is -0.381 e. The van der Waals surface area contributed by atoms with E-state index in [9.17, 15) is 9.59 Å². The van der Waals surface area contributed by atoms with Gasteiger partial charge in [-0.15, -0.1) is 0 Å². The van der Waals surface area contributed by atoms with Gasteiger partial charge in [-0.25, -0.2) is 9.78 Å². The van der Waals surface area contributed by atoms with Gasteiger partial charge in [0.15, 0.2) is 5.82 Å². The summed E-state index contributed by atoms with van der Waals surface area (Å²) in [5.41, 5.74) is 7.65. The monoisotopic (exact) mass is 529 g/mol. The first-order valence-corrected chi connectivity index (χ1v) is 13.3. The lowest BCUT2D eigenvalue weighted by Gasteiger charge is -2.35. The van der Waals surface area contributed by atoms with Crippen molar-refractivity contribution in [2.45, 2.75) is 43.7 Å². The molecule has 3 aromatic rings. The number of rotatable bonds is 6. The summed E-state index contributed by atoms with van der Waals surface area (Å²) in [6.45, 7) is 2.81. The lowest BCUT2D eigenvalue weighted by molar-refractivity contribution is 0.0831. The lowest BCUT2D eigenvalue weighted by atomic mass is 9.99. The molecule has 3 fully saturated rings. The highest BCUT2D eigenvalue weighted by molar-refractivity contribution is 6.00. The van der Waals surface area contributed by atoms with E-state index in [0.29, 0.717) is 61.3 Å². The van der Waals surface area contributed by atoms with Gasteiger partial charge in [0.1, 0.15) is 5.82 Å². The molecular formula is C28H31N7O4. The van der Waals surface area contributed by atoms with Crippen LogP contribution in [-0.4, -0.2) is 65.4 Å². The molecule has 0 aliphatic carbocycles. The molecule has 3 aliphatic rings. The molecule has 0 saturated carbocycles. The summed E-state index contributed by atoms with van der Waals surface area (Å²) in [4.78, 5) is 40.8. The highest BCUT2D eigenvalue weighted by atomic mass is 16.5. The summed E-state index contributed by atoms with van der Waals surface area (Å²) in [5.74, 6) is 1.88. The maximum Gasteiger partial charge on any atom is 0.323 e. The first-order valence-electron chi connectivity index (χ1n) is 13.3. The Balaban J connectivity index is 1.21. The standard InChI is InChI=1S/C28H31N7O4/c29-24(36)17-1-5-20(6-2-17)30-28(37)31-21-7-3-18(4-8-21)25-32-26(19-11-13-38-14-12-19)34-27(33-25)35-22-9-10-23(35)16-39-15-22/h1-8,19,22-23H,9-16H2,(H2,29,36)(H2,30,31,37). The molecule has 11 nitrogen and oxygen atoms in total. The van der Waals surface area contributed by atoms with Crippen LogP contribution in [0.1, 0.15) is 47.8 Å². The van der Waals surface area contributed by atoms with E-state index in [1.165, 1.54) is 0 Å². The molecule has 3 saturated heterocycles. The predicted octanol–water partition coefficient (Wildman–Crippen LogP) is 3.54. The number of nitrogens with one attached hydrogen (secondary N) is 2. The molecule has 4 heterocycles. The molecule has 202 valence electrons. The molecule has 0 radical (unpaired) electrons. The minimum absolute atomic E-state index is 0.236. The number of amides is 3. The van der Waals surface area contributed by atoms with Crippen LogP contribution in [0.2, 0.25) is 0 Å². The smallest absolute Gasteiger partial charge is 0.323 e. The van der Waals surface area contributed by atoms with E-state index < -0.39 is 11.9 Å². The Hall–Kier alpha value is -4.09. The molecule has 2 atom stereocenters. The number of benzene rings is 2. The highest BCUT2D eigenvalue weighted by Crippen LogP contribution is 2.34. The summed E-state index contributed by atoms with van der Waals surface area (Å²) in [5, 5.41) is 5.57. The maximum atomic E-state index is 12.5. The molecule has 2 unspecified atom stereocenters. The Bertz CT molecular complexity index is 1330. The molecule has 0 spiro atoms. The molecule has 2 bridgehead atoms. The molecule has 3 amide bonds. The fraction of sp³-hybridized carbons (Fsp3) is 0.393. The van der Waals surface area contributed by atoms with Crippen LogP contribution in [0.4, 0.5) is 22.1 Å². The topological polar surface area (TPSA) is 145 Å².